The predicted octanol–water partition coefficient (Wildman–Crippen LogP) is 2.99. The molecule has 116 valence electrons. The molecule has 1 aromatic rings. The lowest BCUT2D eigenvalue weighted by molar-refractivity contribution is 0.187. The molecule has 0 saturated carbocycles. The normalized spacial score (nSPS) is 18.0. The molecule has 1 N–H and O–H groups in total. The van der Waals surface area contributed by atoms with E-state index in [1.54, 1.807) is 0 Å². The Hall–Kier alpha value is -1.36. The van der Waals surface area contributed by atoms with Crippen LogP contribution in [0.5, 0.6) is 5.75 Å². The molecule has 1 aromatic carbocycles. The van der Waals surface area contributed by atoms with Gasteiger partial charge < -0.3 is 15.0 Å². The van der Waals surface area contributed by atoms with Gasteiger partial charge in [-0.25, -0.2) is 4.79 Å². The number of thioether (sulfide) groups is 1. The van der Waals surface area contributed by atoms with Gasteiger partial charge in [-0.2, -0.15) is 11.8 Å². The molecule has 0 aromatic heterocycles. The van der Waals surface area contributed by atoms with Crippen molar-refractivity contribution in [3.05, 3.63) is 30.3 Å². The highest BCUT2D eigenvalue weighted by Crippen LogP contribution is 2.18. The summed E-state index contributed by atoms with van der Waals surface area (Å²) in [5.41, 5.74) is 0. The summed E-state index contributed by atoms with van der Waals surface area (Å²) >= 11 is 1.86. The van der Waals surface area contributed by atoms with Crippen molar-refractivity contribution >= 4 is 17.8 Å². The molecule has 2 amide bonds. The fourth-order valence-corrected chi connectivity index (χ4v) is 2.96. The number of para-hydroxylation sites is 1. The van der Waals surface area contributed by atoms with Gasteiger partial charge in [0.25, 0.3) is 0 Å². The molecule has 0 radical (unpaired) electrons. The Balaban J connectivity index is 1.68. The molecule has 5 heteroatoms. The van der Waals surface area contributed by atoms with Crippen molar-refractivity contribution in [2.75, 3.05) is 25.4 Å². The number of ether oxygens (including phenoxy) is 1. The number of urea groups is 1. The molecule has 4 nitrogen and oxygen atoms in total. The first-order chi connectivity index (χ1) is 10.1. The number of hydrogen-bond acceptors (Lipinski definition) is 3. The second-order valence-corrected chi connectivity index (χ2v) is 7.12. The first kappa shape index (κ1) is 16.0. The monoisotopic (exact) mass is 308 g/mol. The predicted molar refractivity (Wildman–Crippen MR) is 88.0 cm³/mol. The van der Waals surface area contributed by atoms with Crippen LogP contribution in [-0.2, 0) is 0 Å². The minimum atomic E-state index is 0.0264. The van der Waals surface area contributed by atoms with Gasteiger partial charge in [0.1, 0.15) is 11.9 Å². The Morgan fingerprint density at radius 1 is 1.43 bits per heavy atom. The Morgan fingerprint density at radius 3 is 2.90 bits per heavy atom. The van der Waals surface area contributed by atoms with Gasteiger partial charge in [0, 0.05) is 25.3 Å². The van der Waals surface area contributed by atoms with E-state index < -0.39 is 0 Å². The first-order valence-corrected chi connectivity index (χ1v) is 8.56. The van der Waals surface area contributed by atoms with E-state index in [0.29, 0.717) is 11.8 Å². The van der Waals surface area contributed by atoms with E-state index in [-0.39, 0.29) is 12.1 Å². The van der Waals surface area contributed by atoms with Crippen molar-refractivity contribution in [2.24, 2.45) is 0 Å². The molecule has 1 heterocycles. The first-order valence-electron chi connectivity index (χ1n) is 7.51. The van der Waals surface area contributed by atoms with Crippen LogP contribution in [0.15, 0.2) is 30.3 Å². The van der Waals surface area contributed by atoms with Crippen LogP contribution in [0.3, 0.4) is 0 Å². The molecule has 1 aliphatic heterocycles. The number of hydrogen-bond donors (Lipinski definition) is 1. The highest BCUT2D eigenvalue weighted by Gasteiger charge is 2.27. The van der Waals surface area contributed by atoms with E-state index in [1.807, 2.05) is 47.0 Å². The van der Waals surface area contributed by atoms with Crippen LogP contribution in [0, 0.1) is 0 Å². The summed E-state index contributed by atoms with van der Waals surface area (Å²) in [4.78, 5) is 13.9. The lowest BCUT2D eigenvalue weighted by Crippen LogP contribution is -2.40. The molecule has 1 atom stereocenters. The number of nitrogens with zero attached hydrogens (tertiary/aromatic N) is 1. The number of likely N-dealkylation sites (tertiary alicyclic amines) is 1. The number of benzene rings is 1. The third-order valence-corrected chi connectivity index (χ3v) is 4.41. The van der Waals surface area contributed by atoms with Crippen molar-refractivity contribution in [1.82, 2.24) is 10.2 Å². The van der Waals surface area contributed by atoms with E-state index >= 15 is 0 Å². The standard InChI is InChI=1S/C16H24N2O2S/c1-13(2)21-11-9-17-16(19)18-10-8-15(12-18)20-14-6-4-3-5-7-14/h3-7,13,15H,8-12H2,1-2H3,(H,17,19)/t15-/m1/s1. The summed E-state index contributed by atoms with van der Waals surface area (Å²) in [5.74, 6) is 1.83. The average Bonchev–Trinajstić information content (AvgIpc) is 2.93. The minimum Gasteiger partial charge on any atom is -0.489 e. The van der Waals surface area contributed by atoms with Crippen LogP contribution in [0.2, 0.25) is 0 Å². The Labute approximate surface area is 131 Å². The van der Waals surface area contributed by atoms with Gasteiger partial charge in [0.05, 0.1) is 6.54 Å². The maximum absolute atomic E-state index is 12.0. The van der Waals surface area contributed by atoms with Crippen molar-refractivity contribution in [3.63, 3.8) is 0 Å². The molecule has 1 saturated heterocycles. The van der Waals surface area contributed by atoms with Crippen LogP contribution in [0.25, 0.3) is 0 Å². The molecule has 0 bridgehead atoms. The lowest BCUT2D eigenvalue weighted by atomic mass is 10.3. The zero-order valence-electron chi connectivity index (χ0n) is 12.7. The second kappa shape index (κ2) is 8.17. The summed E-state index contributed by atoms with van der Waals surface area (Å²) in [5, 5.41) is 3.58. The van der Waals surface area contributed by atoms with Crippen molar-refractivity contribution < 1.29 is 9.53 Å². The van der Waals surface area contributed by atoms with Crippen LogP contribution >= 0.6 is 11.8 Å². The maximum atomic E-state index is 12.0. The molecule has 1 aliphatic rings. The molecule has 21 heavy (non-hydrogen) atoms. The van der Waals surface area contributed by atoms with Gasteiger partial charge in [-0.15, -0.1) is 0 Å². The average molecular weight is 308 g/mol. The summed E-state index contributed by atoms with van der Waals surface area (Å²) in [7, 11) is 0. The smallest absolute Gasteiger partial charge is 0.317 e. The summed E-state index contributed by atoms with van der Waals surface area (Å²) in [6.07, 6.45) is 0.992. The Bertz CT molecular complexity index is 439. The van der Waals surface area contributed by atoms with Gasteiger partial charge in [-0.1, -0.05) is 32.0 Å². The molecule has 0 unspecified atom stereocenters. The molecular weight excluding hydrogens is 284 g/mol. The molecular formula is C16H24N2O2S. The van der Waals surface area contributed by atoms with Crippen LogP contribution in [0.1, 0.15) is 20.3 Å². The zero-order chi connectivity index (χ0) is 15.1. The van der Waals surface area contributed by atoms with E-state index in [1.165, 1.54) is 0 Å². The molecule has 0 aliphatic carbocycles. The molecule has 0 spiro atoms. The number of carbonyl (C=O) groups excluding carboxylic acids is 1. The Morgan fingerprint density at radius 2 is 2.19 bits per heavy atom. The third kappa shape index (κ3) is 5.50. The summed E-state index contributed by atoms with van der Waals surface area (Å²) in [6, 6.07) is 9.81. The fraction of sp³-hybridized carbons (Fsp3) is 0.562. The van der Waals surface area contributed by atoms with E-state index in [0.717, 1.165) is 31.0 Å². The van der Waals surface area contributed by atoms with Gasteiger partial charge in [0.2, 0.25) is 0 Å². The highest BCUT2D eigenvalue weighted by atomic mass is 32.2. The number of amides is 2. The lowest BCUT2D eigenvalue weighted by Gasteiger charge is -2.18. The highest BCUT2D eigenvalue weighted by molar-refractivity contribution is 7.99. The Kier molecular flexibility index (Phi) is 6.23. The quantitative estimate of drug-likeness (QED) is 0.822. The van der Waals surface area contributed by atoms with Crippen LogP contribution in [-0.4, -0.2) is 47.7 Å². The minimum absolute atomic E-state index is 0.0264. The van der Waals surface area contributed by atoms with E-state index in [9.17, 15) is 4.79 Å². The topological polar surface area (TPSA) is 41.6 Å². The molecule has 1 fully saturated rings. The van der Waals surface area contributed by atoms with E-state index in [2.05, 4.69) is 19.2 Å². The summed E-state index contributed by atoms with van der Waals surface area (Å²) in [6.45, 7) is 6.48. The largest absolute Gasteiger partial charge is 0.489 e. The number of carbonyl (C=O) groups is 1. The van der Waals surface area contributed by atoms with Gasteiger partial charge in [-0.05, 0) is 17.4 Å². The number of nitrogens with one attached hydrogen (secondary N) is 1. The van der Waals surface area contributed by atoms with Gasteiger partial charge in [-0.3, -0.25) is 0 Å². The molecule has 2 rings (SSSR count). The zero-order valence-corrected chi connectivity index (χ0v) is 13.6. The summed E-state index contributed by atoms with van der Waals surface area (Å²) < 4.78 is 5.89. The van der Waals surface area contributed by atoms with Gasteiger partial charge >= 0.3 is 6.03 Å². The van der Waals surface area contributed by atoms with Crippen molar-refractivity contribution in [2.45, 2.75) is 31.6 Å². The van der Waals surface area contributed by atoms with Gasteiger partial charge in [0.15, 0.2) is 0 Å². The van der Waals surface area contributed by atoms with Crippen LogP contribution < -0.4 is 10.1 Å². The maximum Gasteiger partial charge on any atom is 0.317 e. The fourth-order valence-electron chi connectivity index (χ4n) is 2.26. The second-order valence-electron chi connectivity index (χ2n) is 5.44. The number of rotatable bonds is 6. The SMILES string of the molecule is CC(C)SCCNC(=O)N1CC[C@@H](Oc2ccccc2)C1. The van der Waals surface area contributed by atoms with Crippen LogP contribution in [0.4, 0.5) is 4.79 Å². The van der Waals surface area contributed by atoms with E-state index in [4.69, 9.17) is 4.74 Å². The third-order valence-electron chi connectivity index (χ3n) is 3.31. The van der Waals surface area contributed by atoms with Crippen molar-refractivity contribution in [1.29, 1.82) is 0 Å². The van der Waals surface area contributed by atoms with Crippen molar-refractivity contribution in [3.8, 4) is 5.75 Å².